The molecule has 1 amide bonds. The molecule has 2 atom stereocenters. The van der Waals surface area contributed by atoms with E-state index in [0.29, 0.717) is 0 Å². The predicted molar refractivity (Wildman–Crippen MR) is 92.4 cm³/mol. The lowest BCUT2D eigenvalue weighted by Gasteiger charge is -2.35. The first-order chi connectivity index (χ1) is 10.5. The minimum Gasteiger partial charge on any atom is -0.441 e. The molecule has 0 radical (unpaired) electrons. The molecule has 1 heterocycles. The zero-order valence-electron chi connectivity index (χ0n) is 12.8. The minimum atomic E-state index is -0.526. The summed E-state index contributed by atoms with van der Waals surface area (Å²) in [7, 11) is 0. The van der Waals surface area contributed by atoms with E-state index >= 15 is 0 Å². The van der Waals surface area contributed by atoms with Crippen LogP contribution in [0.4, 0.5) is 4.79 Å². The van der Waals surface area contributed by atoms with Gasteiger partial charge in [-0.3, -0.25) is 4.90 Å². The Morgan fingerprint density at radius 2 is 2.05 bits per heavy atom. The van der Waals surface area contributed by atoms with Crippen LogP contribution in [0.15, 0.2) is 42.2 Å². The highest BCUT2D eigenvalue weighted by Gasteiger charge is 2.50. The molecule has 0 saturated carbocycles. The first kappa shape index (κ1) is 15.6. The van der Waals surface area contributed by atoms with E-state index in [1.165, 1.54) is 0 Å². The number of hydrogen-bond donors (Lipinski definition) is 0. The Bertz CT molecular complexity index is 585. The Morgan fingerprint density at radius 3 is 2.64 bits per heavy atom. The van der Waals surface area contributed by atoms with Crippen molar-refractivity contribution in [2.75, 3.05) is 0 Å². The lowest BCUT2D eigenvalue weighted by molar-refractivity contribution is 0.0668. The Hall–Kier alpha value is -1.24. The van der Waals surface area contributed by atoms with Gasteiger partial charge in [-0.1, -0.05) is 30.3 Å². The number of hydrogen-bond acceptors (Lipinski definition) is 3. The largest absolute Gasteiger partial charge is 0.441 e. The molecule has 4 nitrogen and oxygen atoms in total. The normalized spacial score (nSPS) is 27.3. The molecule has 5 heteroatoms. The smallest absolute Gasteiger partial charge is 0.411 e. The fraction of sp³-hybridized carbons (Fsp3) is 0.471. The first-order valence-corrected chi connectivity index (χ1v) is 8.45. The SMILES string of the molecule is CC1(C)OC(=O)N(C2CC=C(OI)CC2)C1c1ccccc1. The fourth-order valence-corrected chi connectivity index (χ4v) is 3.85. The Kier molecular flexibility index (Phi) is 4.34. The lowest BCUT2D eigenvalue weighted by Crippen LogP contribution is -2.41. The van der Waals surface area contributed by atoms with E-state index < -0.39 is 5.60 Å². The number of carbonyl (C=O) groups excluding carboxylic acids is 1. The van der Waals surface area contributed by atoms with Crippen molar-refractivity contribution in [3.05, 3.63) is 47.7 Å². The van der Waals surface area contributed by atoms with Crippen molar-refractivity contribution in [3.63, 3.8) is 0 Å². The molecule has 2 unspecified atom stereocenters. The topological polar surface area (TPSA) is 38.8 Å². The summed E-state index contributed by atoms with van der Waals surface area (Å²) < 4.78 is 10.9. The summed E-state index contributed by atoms with van der Waals surface area (Å²) in [5, 5.41) is 0. The van der Waals surface area contributed by atoms with Gasteiger partial charge >= 0.3 is 6.09 Å². The first-order valence-electron chi connectivity index (χ1n) is 7.57. The molecular weight excluding hydrogens is 393 g/mol. The molecule has 1 aliphatic carbocycles. The molecule has 1 fully saturated rings. The summed E-state index contributed by atoms with van der Waals surface area (Å²) in [6.07, 6.45) is 4.45. The van der Waals surface area contributed by atoms with Crippen LogP contribution in [0.3, 0.4) is 0 Å². The third kappa shape index (κ3) is 2.83. The van der Waals surface area contributed by atoms with Gasteiger partial charge in [-0.25, -0.2) is 4.79 Å². The second kappa shape index (κ2) is 6.10. The zero-order chi connectivity index (χ0) is 15.7. The van der Waals surface area contributed by atoms with Gasteiger partial charge in [-0.2, -0.15) is 0 Å². The van der Waals surface area contributed by atoms with Crippen LogP contribution in [-0.2, 0) is 7.80 Å². The minimum absolute atomic E-state index is 0.0540. The number of rotatable bonds is 3. The summed E-state index contributed by atoms with van der Waals surface area (Å²) in [5.74, 6) is 1.000. The molecule has 2 aliphatic rings. The van der Waals surface area contributed by atoms with Gasteiger partial charge in [0.2, 0.25) is 0 Å². The number of nitrogens with zero attached hydrogens (tertiary/aromatic N) is 1. The lowest BCUT2D eigenvalue weighted by atomic mass is 9.89. The maximum absolute atomic E-state index is 12.5. The highest BCUT2D eigenvalue weighted by molar-refractivity contribution is 14.1. The summed E-state index contributed by atoms with van der Waals surface area (Å²) >= 11 is 1.91. The van der Waals surface area contributed by atoms with Gasteiger partial charge in [0.15, 0.2) is 23.0 Å². The maximum atomic E-state index is 12.5. The standard InChI is InChI=1S/C17H20INO3/c1-17(2)15(12-6-4-3-5-7-12)19(16(20)21-17)13-8-10-14(22-18)11-9-13/h3-7,10,13,15H,8-9,11H2,1-2H3. The number of halogens is 1. The van der Waals surface area contributed by atoms with Crippen molar-refractivity contribution >= 4 is 29.1 Å². The molecule has 1 saturated heterocycles. The summed E-state index contributed by atoms with van der Waals surface area (Å²) in [6, 6.07) is 10.3. The van der Waals surface area contributed by atoms with Crippen LogP contribution in [0.5, 0.6) is 0 Å². The highest BCUT2D eigenvalue weighted by atomic mass is 127. The van der Waals surface area contributed by atoms with Crippen LogP contribution < -0.4 is 0 Å². The molecule has 0 aromatic heterocycles. The molecule has 1 aromatic carbocycles. The fourth-order valence-electron chi connectivity index (χ4n) is 3.45. The zero-order valence-corrected chi connectivity index (χ0v) is 14.9. The molecule has 118 valence electrons. The summed E-state index contributed by atoms with van der Waals surface area (Å²) in [6.45, 7) is 3.97. The van der Waals surface area contributed by atoms with Crippen LogP contribution in [0, 0.1) is 0 Å². The second-order valence-electron chi connectivity index (χ2n) is 6.37. The Morgan fingerprint density at radius 1 is 1.32 bits per heavy atom. The van der Waals surface area contributed by atoms with Crippen molar-refractivity contribution in [3.8, 4) is 0 Å². The van der Waals surface area contributed by atoms with Gasteiger partial charge in [0.05, 0.1) is 6.04 Å². The Labute approximate surface area is 145 Å². The van der Waals surface area contributed by atoms with Crippen LogP contribution in [0.2, 0.25) is 0 Å². The molecule has 22 heavy (non-hydrogen) atoms. The molecular formula is C17H20INO3. The van der Waals surface area contributed by atoms with Crippen molar-refractivity contribution in [1.29, 1.82) is 0 Å². The molecule has 0 N–H and O–H groups in total. The van der Waals surface area contributed by atoms with Crippen LogP contribution in [0.25, 0.3) is 0 Å². The van der Waals surface area contributed by atoms with Gasteiger partial charge in [0.25, 0.3) is 0 Å². The van der Waals surface area contributed by atoms with Gasteiger partial charge in [-0.05, 0) is 38.3 Å². The third-order valence-electron chi connectivity index (χ3n) is 4.45. The number of carbonyl (C=O) groups is 1. The van der Waals surface area contributed by atoms with Crippen LogP contribution >= 0.6 is 23.0 Å². The average Bonchev–Trinajstić information content (AvgIpc) is 2.77. The van der Waals surface area contributed by atoms with Gasteiger partial charge in [0.1, 0.15) is 11.4 Å². The predicted octanol–water partition coefficient (Wildman–Crippen LogP) is 4.76. The van der Waals surface area contributed by atoms with Gasteiger partial charge in [-0.15, -0.1) is 0 Å². The molecule has 0 spiro atoms. The van der Waals surface area contributed by atoms with Crippen molar-refractivity contribution in [2.45, 2.75) is 50.8 Å². The van der Waals surface area contributed by atoms with Crippen molar-refractivity contribution in [2.24, 2.45) is 0 Å². The summed E-state index contributed by atoms with van der Waals surface area (Å²) in [4.78, 5) is 14.4. The van der Waals surface area contributed by atoms with E-state index in [9.17, 15) is 4.79 Å². The number of benzene rings is 1. The number of ether oxygens (including phenoxy) is 1. The number of cyclic esters (lactones) is 1. The molecule has 1 aliphatic heterocycles. The quantitative estimate of drug-likeness (QED) is 0.671. The molecule has 0 bridgehead atoms. The average molecular weight is 413 g/mol. The molecule has 3 rings (SSSR count). The van der Waals surface area contributed by atoms with E-state index in [4.69, 9.17) is 7.80 Å². The van der Waals surface area contributed by atoms with E-state index in [0.717, 1.165) is 30.6 Å². The van der Waals surface area contributed by atoms with Gasteiger partial charge < -0.3 is 7.80 Å². The molecule has 1 aromatic rings. The monoisotopic (exact) mass is 413 g/mol. The van der Waals surface area contributed by atoms with Crippen LogP contribution in [0.1, 0.15) is 44.7 Å². The van der Waals surface area contributed by atoms with E-state index in [1.807, 2.05) is 60.0 Å². The van der Waals surface area contributed by atoms with Crippen LogP contribution in [-0.4, -0.2) is 22.6 Å². The van der Waals surface area contributed by atoms with E-state index in [-0.39, 0.29) is 18.2 Å². The van der Waals surface area contributed by atoms with Crippen molar-refractivity contribution < 1.29 is 12.6 Å². The summed E-state index contributed by atoms with van der Waals surface area (Å²) in [5.41, 5.74) is 0.598. The van der Waals surface area contributed by atoms with Crippen molar-refractivity contribution in [1.82, 2.24) is 4.90 Å². The van der Waals surface area contributed by atoms with E-state index in [1.54, 1.807) is 0 Å². The van der Waals surface area contributed by atoms with E-state index in [2.05, 4.69) is 18.2 Å². The Balaban J connectivity index is 1.91. The van der Waals surface area contributed by atoms with Gasteiger partial charge in [0, 0.05) is 12.5 Å². The third-order valence-corrected chi connectivity index (χ3v) is 5.01. The number of allylic oxidation sites excluding steroid dienone is 1. The highest BCUT2D eigenvalue weighted by Crippen LogP contribution is 2.44. The number of amides is 1. The maximum Gasteiger partial charge on any atom is 0.411 e. The second-order valence-corrected chi connectivity index (χ2v) is 6.81.